The van der Waals surface area contributed by atoms with E-state index in [9.17, 15) is 0 Å². The summed E-state index contributed by atoms with van der Waals surface area (Å²) in [5.41, 5.74) is 0. The maximum atomic E-state index is 2.39. The van der Waals surface area contributed by atoms with Crippen LogP contribution in [-0.2, 0) is 0 Å². The highest BCUT2D eigenvalue weighted by Crippen LogP contribution is 1.72. The molecule has 0 aromatic rings. The van der Waals surface area contributed by atoms with Crippen LogP contribution in [0.3, 0.4) is 0 Å². The predicted molar refractivity (Wildman–Crippen MR) is 35.7 cm³/mol. The molecule has 0 aliphatic rings. The Hall–Kier alpha value is 0.492. The van der Waals surface area contributed by atoms with Gasteiger partial charge in [-0.05, 0) is 13.1 Å². The van der Waals surface area contributed by atoms with Crippen LogP contribution in [0.2, 0.25) is 0 Å². The molecule has 0 aliphatic heterocycles. The third-order valence-corrected chi connectivity index (χ3v) is 2.34. The van der Waals surface area contributed by atoms with E-state index in [1.807, 2.05) is 0 Å². The van der Waals surface area contributed by atoms with Gasteiger partial charge in [0.05, 0.1) is 0 Å². The van der Waals surface area contributed by atoms with Crippen molar-refractivity contribution in [1.29, 1.82) is 0 Å². The molecule has 0 atom stereocenters. The monoisotopic (exact) mass is 105 g/mol. The van der Waals surface area contributed by atoms with Crippen LogP contribution in [0.25, 0.3) is 0 Å². The Morgan fingerprint density at radius 3 is 1.83 bits per heavy atom. The maximum Gasteiger partial charge on any atom is 0.321 e. The van der Waals surface area contributed by atoms with Crippen LogP contribution in [0, 0.1) is 0 Å². The zero-order valence-corrected chi connectivity index (χ0v) is 6.86. The van der Waals surface area contributed by atoms with Gasteiger partial charge in [0.25, 0.3) is 0 Å². The smallest absolute Gasteiger partial charge is 0.321 e. The zero-order chi connectivity index (χ0) is 4.99. The van der Waals surface area contributed by atoms with Gasteiger partial charge in [-0.1, -0.05) is 13.8 Å². The van der Waals surface area contributed by atoms with Crippen LogP contribution in [0.1, 0.15) is 16.7 Å². The van der Waals surface area contributed by atoms with Gasteiger partial charge in [0, 0.05) is 2.85 Å². The summed E-state index contributed by atoms with van der Waals surface area (Å²) >= 11 is 1.22. The number of nitrogens with zero attached hydrogens (tertiary/aromatic N) is 1. The summed E-state index contributed by atoms with van der Waals surface area (Å²) in [4.78, 5) is 0. The molecule has 0 saturated carbocycles. The van der Waals surface area contributed by atoms with E-state index in [-0.39, 0.29) is 2.85 Å². The minimum absolute atomic E-state index is 0. The first-order valence-corrected chi connectivity index (χ1v) is 3.39. The number of hydrogen-bond donors (Lipinski definition) is 0. The molecule has 0 aliphatic carbocycles. The van der Waals surface area contributed by atoms with E-state index >= 15 is 0 Å². The lowest BCUT2D eigenvalue weighted by atomic mass is 10.7. The topological polar surface area (TPSA) is 3.24 Å². The second-order valence-electron chi connectivity index (χ2n) is 1.49. The maximum absolute atomic E-state index is 2.39. The molecular formula is C4H16AlN. The molecule has 0 spiro atoms. The Balaban J connectivity index is -0.000000125. The van der Waals surface area contributed by atoms with E-state index in [1.54, 1.807) is 0 Å². The van der Waals surface area contributed by atoms with Gasteiger partial charge in [-0.2, -0.15) is 0 Å². The second-order valence-corrected chi connectivity index (χ2v) is 2.75. The first-order chi connectivity index (χ1) is 2.81. The highest BCUT2D eigenvalue weighted by molar-refractivity contribution is 6.04. The standard InChI is InChI=1S/C4H10N.Al.2H2.2H/c1-3-5-4-2;;;;;/h3-4H2,1-2H3;;2*1H;;/q-1;+1;;;;. The van der Waals surface area contributed by atoms with Gasteiger partial charge in [-0.25, -0.2) is 0 Å². The summed E-state index contributed by atoms with van der Waals surface area (Å²) < 4.78 is 2.39. The molecule has 40 valence electrons. The van der Waals surface area contributed by atoms with Crippen LogP contribution < -0.4 is 0 Å². The van der Waals surface area contributed by atoms with E-state index in [2.05, 4.69) is 17.7 Å². The summed E-state index contributed by atoms with van der Waals surface area (Å²) in [6.07, 6.45) is 0. The first kappa shape index (κ1) is 6.49. The zero-order valence-electron chi connectivity index (χ0n) is 4.86. The van der Waals surface area contributed by atoms with Crippen molar-refractivity contribution in [2.75, 3.05) is 13.1 Å². The average molecular weight is 105 g/mol. The molecule has 0 aromatic carbocycles. The first-order valence-electron chi connectivity index (χ1n) is 2.49. The molecule has 0 amide bonds. The Kier molecular flexibility index (Phi) is 3.98. The van der Waals surface area contributed by atoms with Gasteiger partial charge in [0.15, 0.2) is 0 Å². The molecule has 6 heavy (non-hydrogen) atoms. The summed E-state index contributed by atoms with van der Waals surface area (Å²) in [6.45, 7) is 6.83. The number of rotatable bonds is 2. The lowest BCUT2D eigenvalue weighted by molar-refractivity contribution is 0.505. The van der Waals surface area contributed by atoms with Gasteiger partial charge in [-0.3, -0.25) is 0 Å². The van der Waals surface area contributed by atoms with Crippen molar-refractivity contribution >= 4 is 16.5 Å². The fourth-order valence-corrected chi connectivity index (χ4v) is 0.224. The van der Waals surface area contributed by atoms with E-state index in [4.69, 9.17) is 0 Å². The van der Waals surface area contributed by atoms with Crippen LogP contribution >= 0.6 is 0 Å². The number of hydrogen-bond acceptors (Lipinski definition) is 1. The second kappa shape index (κ2) is 3.67. The Labute approximate surface area is 50.9 Å². The lowest BCUT2D eigenvalue weighted by Crippen LogP contribution is -2.17. The minimum Gasteiger partial charge on any atom is -0.391 e. The van der Waals surface area contributed by atoms with Crippen molar-refractivity contribution in [3.05, 3.63) is 0 Å². The molecule has 0 N–H and O–H groups in total. The van der Waals surface area contributed by atoms with Crippen molar-refractivity contribution in [3.63, 3.8) is 0 Å². The van der Waals surface area contributed by atoms with Crippen molar-refractivity contribution in [3.8, 4) is 0 Å². The van der Waals surface area contributed by atoms with Gasteiger partial charge in [-0.15, -0.1) is 0 Å². The molecule has 0 heterocycles. The van der Waals surface area contributed by atoms with Crippen LogP contribution in [-0.4, -0.2) is 33.5 Å². The third-order valence-electron chi connectivity index (χ3n) is 1.08. The summed E-state index contributed by atoms with van der Waals surface area (Å²) in [5.74, 6) is 0. The molecule has 0 bridgehead atoms. The highest BCUT2D eigenvalue weighted by atomic mass is 27.1. The van der Waals surface area contributed by atoms with Crippen LogP contribution in [0.15, 0.2) is 0 Å². The molecule has 0 saturated heterocycles. The predicted octanol–water partition coefficient (Wildman–Crippen LogP) is 0.368. The van der Waals surface area contributed by atoms with Gasteiger partial charge in [0.2, 0.25) is 0 Å². The largest absolute Gasteiger partial charge is 0.391 e. The van der Waals surface area contributed by atoms with Crippen LogP contribution in [0.4, 0.5) is 0 Å². The van der Waals surface area contributed by atoms with E-state index in [0.717, 1.165) is 0 Å². The van der Waals surface area contributed by atoms with Crippen molar-refractivity contribution in [1.82, 2.24) is 3.88 Å². The molecule has 0 aromatic heterocycles. The molecule has 1 nitrogen and oxygen atoms in total. The van der Waals surface area contributed by atoms with Crippen molar-refractivity contribution in [2.24, 2.45) is 0 Å². The molecule has 0 rings (SSSR count). The molecule has 0 fully saturated rings. The van der Waals surface area contributed by atoms with Gasteiger partial charge >= 0.3 is 16.5 Å². The van der Waals surface area contributed by atoms with E-state index in [0.29, 0.717) is 0 Å². The molecule has 2 heteroatoms. The molecule has 0 radical (unpaired) electrons. The SMILES string of the molecule is CC[N]([AlH2])CC.[HH].[HH]. The minimum atomic E-state index is 0. The van der Waals surface area contributed by atoms with E-state index < -0.39 is 0 Å². The van der Waals surface area contributed by atoms with Gasteiger partial charge in [0.1, 0.15) is 0 Å². The molecular weight excluding hydrogens is 89.0 g/mol. The average Bonchev–Trinajstić information content (AvgIpc) is 1.65. The van der Waals surface area contributed by atoms with Crippen LogP contribution in [0.5, 0.6) is 0 Å². The third kappa shape index (κ3) is 2.72. The summed E-state index contributed by atoms with van der Waals surface area (Å²) in [7, 11) is 0. The highest BCUT2D eigenvalue weighted by Gasteiger charge is 1.82. The lowest BCUT2D eigenvalue weighted by Gasteiger charge is -2.08. The quantitative estimate of drug-likeness (QED) is 0.458. The molecule has 0 unspecified atom stereocenters. The van der Waals surface area contributed by atoms with Crippen molar-refractivity contribution < 1.29 is 2.85 Å². The fraction of sp³-hybridized carbons (Fsp3) is 1.00. The Morgan fingerprint density at radius 1 is 1.50 bits per heavy atom. The summed E-state index contributed by atoms with van der Waals surface area (Å²) in [6, 6.07) is 0. The Morgan fingerprint density at radius 2 is 1.83 bits per heavy atom. The Bertz CT molecular complexity index is 33.2. The summed E-state index contributed by atoms with van der Waals surface area (Å²) in [5, 5.41) is 0. The fourth-order valence-electron chi connectivity index (χ4n) is 0.224. The van der Waals surface area contributed by atoms with Gasteiger partial charge < -0.3 is 3.88 Å². The van der Waals surface area contributed by atoms with Crippen molar-refractivity contribution in [2.45, 2.75) is 13.8 Å². The normalized spacial score (nSPS) is 9.83. The van der Waals surface area contributed by atoms with E-state index in [1.165, 1.54) is 29.6 Å².